The highest BCUT2D eigenvalue weighted by atomic mass is 16.5. The van der Waals surface area contributed by atoms with Gasteiger partial charge in [0.2, 0.25) is 0 Å². The lowest BCUT2D eigenvalue weighted by atomic mass is 9.98. The lowest BCUT2D eigenvalue weighted by Crippen LogP contribution is -2.48. The molecule has 0 aromatic rings. The average Bonchev–Trinajstić information content (AvgIpc) is 2.93. The molecule has 100 valence electrons. The van der Waals surface area contributed by atoms with Gasteiger partial charge in [-0.1, -0.05) is 6.92 Å². The summed E-state index contributed by atoms with van der Waals surface area (Å²) in [5.74, 6) is 0.596. The van der Waals surface area contributed by atoms with Crippen LogP contribution < -0.4 is 10.6 Å². The molecule has 2 rings (SSSR count). The van der Waals surface area contributed by atoms with E-state index in [0.717, 1.165) is 45.9 Å². The van der Waals surface area contributed by atoms with E-state index in [-0.39, 0.29) is 5.54 Å². The smallest absolute Gasteiger partial charge is 0.0646 e. The first-order valence-electron chi connectivity index (χ1n) is 6.87. The predicted octanol–water partition coefficient (Wildman–Crippen LogP) is 0.770. The van der Waals surface area contributed by atoms with Gasteiger partial charge in [-0.2, -0.15) is 0 Å². The Morgan fingerprint density at radius 2 is 2.18 bits per heavy atom. The summed E-state index contributed by atoms with van der Waals surface area (Å²) in [7, 11) is 0. The van der Waals surface area contributed by atoms with Crippen molar-refractivity contribution in [2.75, 3.05) is 39.5 Å². The van der Waals surface area contributed by atoms with E-state index >= 15 is 0 Å². The van der Waals surface area contributed by atoms with Gasteiger partial charge >= 0.3 is 0 Å². The minimum atomic E-state index is 0.178. The van der Waals surface area contributed by atoms with Crippen LogP contribution in [-0.4, -0.2) is 51.1 Å². The minimum absolute atomic E-state index is 0.178. The lowest BCUT2D eigenvalue weighted by Gasteiger charge is -2.27. The molecule has 2 heterocycles. The van der Waals surface area contributed by atoms with Gasteiger partial charge in [0.1, 0.15) is 0 Å². The molecule has 3 unspecified atom stereocenters. The first-order valence-corrected chi connectivity index (χ1v) is 6.87. The molecule has 0 aromatic heterocycles. The zero-order valence-electron chi connectivity index (χ0n) is 11.1. The van der Waals surface area contributed by atoms with Crippen molar-refractivity contribution < 1.29 is 9.47 Å². The Balaban J connectivity index is 1.73. The number of hydrogen-bond acceptors (Lipinski definition) is 4. The molecular weight excluding hydrogens is 216 g/mol. The van der Waals surface area contributed by atoms with E-state index in [4.69, 9.17) is 9.47 Å². The van der Waals surface area contributed by atoms with Crippen molar-refractivity contribution in [3.63, 3.8) is 0 Å². The second kappa shape index (κ2) is 6.14. The van der Waals surface area contributed by atoms with E-state index in [1.165, 1.54) is 6.42 Å². The average molecular weight is 242 g/mol. The second-order valence-electron chi connectivity index (χ2n) is 5.60. The van der Waals surface area contributed by atoms with Crippen molar-refractivity contribution in [2.24, 2.45) is 5.92 Å². The number of ether oxygens (including phenoxy) is 2. The normalized spacial score (nSPS) is 37.8. The molecule has 0 aromatic carbocycles. The van der Waals surface area contributed by atoms with Crippen LogP contribution in [0.15, 0.2) is 0 Å². The quantitative estimate of drug-likeness (QED) is 0.722. The maximum absolute atomic E-state index is 5.58. The molecular formula is C13H26N2O2. The third kappa shape index (κ3) is 3.65. The van der Waals surface area contributed by atoms with Gasteiger partial charge in [0.15, 0.2) is 0 Å². The summed E-state index contributed by atoms with van der Waals surface area (Å²) in [6.07, 6.45) is 2.30. The van der Waals surface area contributed by atoms with Gasteiger partial charge in [0.05, 0.1) is 19.8 Å². The Morgan fingerprint density at radius 3 is 2.88 bits per heavy atom. The highest BCUT2D eigenvalue weighted by Crippen LogP contribution is 2.19. The van der Waals surface area contributed by atoms with Crippen LogP contribution in [0.2, 0.25) is 0 Å². The van der Waals surface area contributed by atoms with E-state index < -0.39 is 0 Å². The second-order valence-corrected chi connectivity index (χ2v) is 5.60. The van der Waals surface area contributed by atoms with Gasteiger partial charge in [-0.3, -0.25) is 0 Å². The SMILES string of the molecule is CCCNC1COCC1CNC1(C)CCOC1. The van der Waals surface area contributed by atoms with Gasteiger partial charge in [-0.05, 0) is 26.3 Å². The van der Waals surface area contributed by atoms with Crippen LogP contribution in [0.4, 0.5) is 0 Å². The zero-order valence-corrected chi connectivity index (χ0v) is 11.1. The highest BCUT2D eigenvalue weighted by Gasteiger charge is 2.33. The summed E-state index contributed by atoms with van der Waals surface area (Å²) in [6.45, 7) is 10.0. The summed E-state index contributed by atoms with van der Waals surface area (Å²) in [5.41, 5.74) is 0.178. The molecule has 2 N–H and O–H groups in total. The molecule has 0 spiro atoms. The van der Waals surface area contributed by atoms with Crippen LogP contribution in [0.1, 0.15) is 26.7 Å². The first-order chi connectivity index (χ1) is 8.23. The topological polar surface area (TPSA) is 42.5 Å². The van der Waals surface area contributed by atoms with Crippen molar-refractivity contribution in [2.45, 2.75) is 38.3 Å². The molecule has 4 heteroatoms. The van der Waals surface area contributed by atoms with Gasteiger partial charge < -0.3 is 20.1 Å². The number of nitrogens with one attached hydrogen (secondary N) is 2. The van der Waals surface area contributed by atoms with Gasteiger partial charge in [-0.15, -0.1) is 0 Å². The van der Waals surface area contributed by atoms with Crippen molar-refractivity contribution in [3.8, 4) is 0 Å². The van der Waals surface area contributed by atoms with Crippen LogP contribution in [-0.2, 0) is 9.47 Å². The van der Waals surface area contributed by atoms with Gasteiger partial charge in [0, 0.05) is 30.7 Å². The summed E-state index contributed by atoms with van der Waals surface area (Å²) in [4.78, 5) is 0. The maximum atomic E-state index is 5.58. The molecule has 3 atom stereocenters. The molecule has 0 aliphatic carbocycles. The standard InChI is InChI=1S/C13H26N2O2/c1-3-5-14-12-9-17-8-11(12)7-15-13(2)4-6-16-10-13/h11-12,14-15H,3-10H2,1-2H3. The Labute approximate surface area is 104 Å². The predicted molar refractivity (Wildman–Crippen MR) is 68.2 cm³/mol. The van der Waals surface area contributed by atoms with Gasteiger partial charge in [-0.25, -0.2) is 0 Å². The molecule has 2 saturated heterocycles. The first kappa shape index (κ1) is 13.3. The van der Waals surface area contributed by atoms with Crippen LogP contribution in [0.5, 0.6) is 0 Å². The summed E-state index contributed by atoms with van der Waals surface area (Å²) in [5, 5.41) is 7.23. The van der Waals surface area contributed by atoms with Crippen LogP contribution in [0, 0.1) is 5.92 Å². The van der Waals surface area contributed by atoms with Crippen LogP contribution in [0.3, 0.4) is 0 Å². The molecule has 0 radical (unpaired) electrons. The largest absolute Gasteiger partial charge is 0.379 e. The Bertz CT molecular complexity index is 229. The molecule has 4 nitrogen and oxygen atoms in total. The Morgan fingerprint density at radius 1 is 1.29 bits per heavy atom. The molecule has 0 saturated carbocycles. The minimum Gasteiger partial charge on any atom is -0.379 e. The molecule has 0 bridgehead atoms. The van der Waals surface area contributed by atoms with E-state index in [1.54, 1.807) is 0 Å². The zero-order chi connectivity index (χ0) is 12.1. The molecule has 2 fully saturated rings. The molecule has 17 heavy (non-hydrogen) atoms. The fourth-order valence-electron chi connectivity index (χ4n) is 2.54. The number of hydrogen-bond donors (Lipinski definition) is 2. The van der Waals surface area contributed by atoms with E-state index in [9.17, 15) is 0 Å². The van der Waals surface area contributed by atoms with E-state index in [1.807, 2.05) is 0 Å². The fraction of sp³-hybridized carbons (Fsp3) is 1.00. The monoisotopic (exact) mass is 242 g/mol. The van der Waals surface area contributed by atoms with Gasteiger partial charge in [0.25, 0.3) is 0 Å². The van der Waals surface area contributed by atoms with E-state index in [2.05, 4.69) is 24.5 Å². The Kier molecular flexibility index (Phi) is 4.79. The number of rotatable bonds is 6. The summed E-state index contributed by atoms with van der Waals surface area (Å²) < 4.78 is 11.0. The van der Waals surface area contributed by atoms with Crippen molar-refractivity contribution >= 4 is 0 Å². The molecule has 2 aliphatic rings. The van der Waals surface area contributed by atoms with Crippen molar-refractivity contribution in [1.29, 1.82) is 0 Å². The summed E-state index contributed by atoms with van der Waals surface area (Å²) in [6, 6.07) is 0.522. The molecule has 2 aliphatic heterocycles. The summed E-state index contributed by atoms with van der Waals surface area (Å²) >= 11 is 0. The highest BCUT2D eigenvalue weighted by molar-refractivity contribution is 4.90. The maximum Gasteiger partial charge on any atom is 0.0646 e. The van der Waals surface area contributed by atoms with Crippen molar-refractivity contribution in [1.82, 2.24) is 10.6 Å². The van der Waals surface area contributed by atoms with E-state index in [0.29, 0.717) is 12.0 Å². The lowest BCUT2D eigenvalue weighted by molar-refractivity contribution is 0.164. The van der Waals surface area contributed by atoms with Crippen molar-refractivity contribution in [3.05, 3.63) is 0 Å². The third-order valence-electron chi connectivity index (χ3n) is 3.86. The fourth-order valence-corrected chi connectivity index (χ4v) is 2.54. The van der Waals surface area contributed by atoms with Crippen LogP contribution >= 0.6 is 0 Å². The molecule has 0 amide bonds. The Hall–Kier alpha value is -0.160. The third-order valence-corrected chi connectivity index (χ3v) is 3.86. The van der Waals surface area contributed by atoms with Crippen LogP contribution in [0.25, 0.3) is 0 Å².